The van der Waals surface area contributed by atoms with Crippen molar-refractivity contribution in [1.29, 1.82) is 0 Å². The van der Waals surface area contributed by atoms with Gasteiger partial charge in [0, 0.05) is 57.8 Å². The average Bonchev–Trinajstić information content (AvgIpc) is 3.32. The van der Waals surface area contributed by atoms with E-state index in [2.05, 4.69) is 53.0 Å². The number of hydrogen-bond donors (Lipinski definition) is 1. The van der Waals surface area contributed by atoms with Crippen molar-refractivity contribution in [3.05, 3.63) is 77.1 Å². The third-order valence-corrected chi connectivity index (χ3v) is 6.40. The lowest BCUT2D eigenvalue weighted by Gasteiger charge is -2.42. The maximum absolute atomic E-state index is 9.73. The predicted molar refractivity (Wildman–Crippen MR) is 127 cm³/mol. The van der Waals surface area contributed by atoms with Gasteiger partial charge in [0.2, 0.25) is 0 Å². The molecule has 1 aliphatic heterocycles. The van der Waals surface area contributed by atoms with Crippen molar-refractivity contribution in [2.75, 3.05) is 33.4 Å². The molecule has 0 aliphatic carbocycles. The van der Waals surface area contributed by atoms with Crippen molar-refractivity contribution in [3.8, 4) is 11.4 Å². The minimum absolute atomic E-state index is 0.204. The molecule has 2 aromatic carbocycles. The van der Waals surface area contributed by atoms with Crippen LogP contribution in [0.4, 0.5) is 0 Å². The smallest absolute Gasteiger partial charge is 0.119 e. The molecule has 2 heterocycles. The van der Waals surface area contributed by atoms with Gasteiger partial charge in [-0.1, -0.05) is 18.2 Å². The number of nitrogens with zero attached hydrogens (tertiary/aromatic N) is 4. The van der Waals surface area contributed by atoms with Gasteiger partial charge in [0.05, 0.1) is 12.8 Å². The first-order valence-corrected chi connectivity index (χ1v) is 11.4. The van der Waals surface area contributed by atoms with Crippen molar-refractivity contribution in [1.82, 2.24) is 19.6 Å². The molecule has 32 heavy (non-hydrogen) atoms. The van der Waals surface area contributed by atoms with Crippen LogP contribution in [-0.2, 0) is 13.1 Å². The summed E-state index contributed by atoms with van der Waals surface area (Å²) in [6, 6.07) is 15.0. The van der Waals surface area contributed by atoms with Crippen LogP contribution in [0.25, 0.3) is 5.69 Å². The maximum Gasteiger partial charge on any atom is 0.119 e. The second-order valence-electron chi connectivity index (χ2n) is 8.75. The number of aliphatic hydroxyl groups is 1. The molecule has 0 spiro atoms. The van der Waals surface area contributed by atoms with Crippen LogP contribution in [0.3, 0.4) is 0 Å². The van der Waals surface area contributed by atoms with Gasteiger partial charge in [-0.2, -0.15) is 5.10 Å². The molecule has 1 aromatic heterocycles. The summed E-state index contributed by atoms with van der Waals surface area (Å²) in [5.74, 6) is 0.890. The fraction of sp³-hybridized carbons (Fsp3) is 0.423. The van der Waals surface area contributed by atoms with Crippen LogP contribution in [0.1, 0.15) is 28.7 Å². The number of rotatable bonds is 8. The lowest BCUT2D eigenvalue weighted by atomic mass is 10.0. The van der Waals surface area contributed by atoms with E-state index in [4.69, 9.17) is 4.74 Å². The number of hydrogen-bond acceptors (Lipinski definition) is 5. The Morgan fingerprint density at radius 1 is 1.09 bits per heavy atom. The zero-order chi connectivity index (χ0) is 22.5. The summed E-state index contributed by atoms with van der Waals surface area (Å²) in [6.07, 6.45) is 4.62. The minimum Gasteiger partial charge on any atom is -0.497 e. The second-order valence-corrected chi connectivity index (χ2v) is 8.75. The SMILES string of the molecule is COc1cccc(CN2CCN(Cc3c(C)cc(C)cc3-n3cccn3)C[C@H]2CCO)c1. The minimum atomic E-state index is 0.204. The molecule has 3 aromatic rings. The molecular formula is C26H34N4O2. The zero-order valence-electron chi connectivity index (χ0n) is 19.4. The Bertz CT molecular complexity index is 1020. The molecule has 1 saturated heterocycles. The van der Waals surface area contributed by atoms with Gasteiger partial charge < -0.3 is 9.84 Å². The molecular weight excluding hydrogens is 400 g/mol. The first-order valence-electron chi connectivity index (χ1n) is 11.4. The molecule has 1 aliphatic rings. The van der Waals surface area contributed by atoms with E-state index in [0.717, 1.165) is 50.6 Å². The highest BCUT2D eigenvalue weighted by Crippen LogP contribution is 2.25. The number of aryl methyl sites for hydroxylation is 2. The van der Waals surface area contributed by atoms with Crippen LogP contribution < -0.4 is 4.74 Å². The van der Waals surface area contributed by atoms with Gasteiger partial charge in [-0.15, -0.1) is 0 Å². The largest absolute Gasteiger partial charge is 0.497 e. The number of ether oxygens (including phenoxy) is 1. The monoisotopic (exact) mass is 434 g/mol. The Morgan fingerprint density at radius 2 is 1.97 bits per heavy atom. The highest BCUT2D eigenvalue weighted by atomic mass is 16.5. The summed E-state index contributed by atoms with van der Waals surface area (Å²) < 4.78 is 7.36. The molecule has 6 nitrogen and oxygen atoms in total. The summed E-state index contributed by atoms with van der Waals surface area (Å²) >= 11 is 0. The van der Waals surface area contributed by atoms with Crippen LogP contribution in [0.15, 0.2) is 54.9 Å². The lowest BCUT2D eigenvalue weighted by Crippen LogP contribution is -2.52. The van der Waals surface area contributed by atoms with Crippen molar-refractivity contribution in [3.63, 3.8) is 0 Å². The topological polar surface area (TPSA) is 53.8 Å². The Balaban J connectivity index is 1.50. The first kappa shape index (κ1) is 22.5. The number of benzene rings is 2. The summed E-state index contributed by atoms with van der Waals surface area (Å²) in [5, 5.41) is 14.2. The number of aromatic nitrogens is 2. The molecule has 6 heteroatoms. The van der Waals surface area contributed by atoms with E-state index < -0.39 is 0 Å². The Kier molecular flexibility index (Phi) is 7.25. The van der Waals surface area contributed by atoms with Crippen LogP contribution in [0.5, 0.6) is 5.75 Å². The quantitative estimate of drug-likeness (QED) is 0.588. The number of piperazine rings is 1. The predicted octanol–water partition coefficient (Wildman–Crippen LogP) is 3.57. The van der Waals surface area contributed by atoms with E-state index in [1.165, 1.54) is 22.3 Å². The zero-order valence-corrected chi connectivity index (χ0v) is 19.4. The summed E-state index contributed by atoms with van der Waals surface area (Å²) in [4.78, 5) is 5.02. The Labute approximate surface area is 191 Å². The summed E-state index contributed by atoms with van der Waals surface area (Å²) in [7, 11) is 1.71. The van der Waals surface area contributed by atoms with E-state index in [0.29, 0.717) is 6.04 Å². The molecule has 1 fully saturated rings. The van der Waals surface area contributed by atoms with Gasteiger partial charge in [-0.3, -0.25) is 9.80 Å². The van der Waals surface area contributed by atoms with E-state index in [-0.39, 0.29) is 6.61 Å². The van der Waals surface area contributed by atoms with Crippen LogP contribution in [0, 0.1) is 13.8 Å². The fourth-order valence-electron chi connectivity index (χ4n) is 4.76. The van der Waals surface area contributed by atoms with Gasteiger partial charge in [0.25, 0.3) is 0 Å². The molecule has 0 amide bonds. The highest BCUT2D eigenvalue weighted by molar-refractivity contribution is 5.48. The standard InChI is InChI=1S/C26H34N4O2/c1-20-14-21(2)25(26(15-20)30-10-5-9-27-30)19-28-11-12-29(23(18-28)8-13-31)17-22-6-4-7-24(16-22)32-3/h4-7,9-10,14-16,23,31H,8,11-13,17-19H2,1-3H3/t23-/m1/s1. The highest BCUT2D eigenvalue weighted by Gasteiger charge is 2.27. The molecule has 0 bridgehead atoms. The van der Waals surface area contributed by atoms with Gasteiger partial charge in [-0.25, -0.2) is 4.68 Å². The van der Waals surface area contributed by atoms with E-state index in [1.54, 1.807) is 7.11 Å². The van der Waals surface area contributed by atoms with E-state index >= 15 is 0 Å². The van der Waals surface area contributed by atoms with Gasteiger partial charge in [-0.05, 0) is 66.8 Å². The van der Waals surface area contributed by atoms with Crippen molar-refractivity contribution in [2.45, 2.75) is 39.4 Å². The third-order valence-electron chi connectivity index (χ3n) is 6.40. The van der Waals surface area contributed by atoms with Gasteiger partial charge in [0.15, 0.2) is 0 Å². The molecule has 170 valence electrons. The van der Waals surface area contributed by atoms with Crippen molar-refractivity contribution < 1.29 is 9.84 Å². The number of aliphatic hydroxyl groups excluding tert-OH is 1. The van der Waals surface area contributed by atoms with E-state index in [1.807, 2.05) is 35.3 Å². The van der Waals surface area contributed by atoms with Gasteiger partial charge >= 0.3 is 0 Å². The van der Waals surface area contributed by atoms with Crippen LogP contribution in [-0.4, -0.2) is 64.1 Å². The molecule has 1 N–H and O–H groups in total. The van der Waals surface area contributed by atoms with Crippen molar-refractivity contribution >= 4 is 0 Å². The second kappa shape index (κ2) is 10.3. The maximum atomic E-state index is 9.73. The van der Waals surface area contributed by atoms with E-state index in [9.17, 15) is 5.11 Å². The third kappa shape index (κ3) is 5.21. The first-order chi connectivity index (χ1) is 15.6. The normalized spacial score (nSPS) is 17.6. The molecule has 1 atom stereocenters. The molecule has 4 rings (SSSR count). The lowest BCUT2D eigenvalue weighted by molar-refractivity contribution is 0.0498. The Morgan fingerprint density at radius 3 is 2.72 bits per heavy atom. The van der Waals surface area contributed by atoms with Crippen LogP contribution in [0.2, 0.25) is 0 Å². The van der Waals surface area contributed by atoms with Gasteiger partial charge in [0.1, 0.15) is 5.75 Å². The molecule has 0 saturated carbocycles. The average molecular weight is 435 g/mol. The Hall–Kier alpha value is -2.67. The summed E-state index contributed by atoms with van der Waals surface area (Å²) in [5.41, 5.74) is 6.27. The molecule has 0 radical (unpaired) electrons. The molecule has 0 unspecified atom stereocenters. The fourth-order valence-corrected chi connectivity index (χ4v) is 4.76. The van der Waals surface area contributed by atoms with Crippen molar-refractivity contribution in [2.24, 2.45) is 0 Å². The summed E-state index contributed by atoms with van der Waals surface area (Å²) in [6.45, 7) is 9.21. The van der Waals surface area contributed by atoms with Crippen LogP contribution >= 0.6 is 0 Å². The number of methoxy groups -OCH3 is 1.